The molecule has 26 heavy (non-hydrogen) atoms. The molecular formula is C17H17N3O4S2. The monoisotopic (exact) mass is 391 g/mol. The first-order chi connectivity index (χ1) is 12.5. The van der Waals surface area contributed by atoms with E-state index in [4.69, 9.17) is 4.74 Å². The van der Waals surface area contributed by atoms with Gasteiger partial charge in [-0.25, -0.2) is 9.78 Å². The highest BCUT2D eigenvalue weighted by Gasteiger charge is 2.16. The van der Waals surface area contributed by atoms with Crippen LogP contribution in [0.2, 0.25) is 0 Å². The number of thiophene rings is 2. The summed E-state index contributed by atoms with van der Waals surface area (Å²) in [6, 6.07) is 3.47. The third kappa shape index (κ3) is 3.83. The molecule has 3 aromatic heterocycles. The predicted octanol–water partition coefficient (Wildman–Crippen LogP) is 3.03. The SMILES string of the molecule is CCOC(=O)c1sc(NC(=O)CCn2cnc3sccc3c2=O)cc1C. The van der Waals surface area contributed by atoms with E-state index in [0.29, 0.717) is 26.7 Å². The highest BCUT2D eigenvalue weighted by atomic mass is 32.1. The second kappa shape index (κ2) is 7.79. The number of aromatic nitrogens is 2. The number of ether oxygens (including phenoxy) is 1. The Kier molecular flexibility index (Phi) is 5.48. The molecule has 0 atom stereocenters. The topological polar surface area (TPSA) is 90.3 Å². The molecule has 136 valence electrons. The number of nitrogens with zero attached hydrogens (tertiary/aromatic N) is 2. The van der Waals surface area contributed by atoms with Crippen LogP contribution in [0.5, 0.6) is 0 Å². The van der Waals surface area contributed by atoms with Crippen molar-refractivity contribution in [3.05, 3.63) is 44.6 Å². The predicted molar refractivity (Wildman–Crippen MR) is 102 cm³/mol. The molecule has 0 aromatic carbocycles. The van der Waals surface area contributed by atoms with E-state index in [9.17, 15) is 14.4 Å². The number of rotatable bonds is 6. The number of fused-ring (bicyclic) bond motifs is 1. The average molecular weight is 391 g/mol. The third-order valence-corrected chi connectivity index (χ3v) is 5.62. The minimum absolute atomic E-state index is 0.128. The van der Waals surface area contributed by atoms with Crippen LogP contribution in [-0.2, 0) is 16.1 Å². The Balaban J connectivity index is 1.64. The van der Waals surface area contributed by atoms with Crippen molar-refractivity contribution in [3.8, 4) is 0 Å². The summed E-state index contributed by atoms with van der Waals surface area (Å²) in [6.07, 6.45) is 1.59. The van der Waals surface area contributed by atoms with Crippen molar-refractivity contribution in [2.24, 2.45) is 0 Å². The number of amides is 1. The van der Waals surface area contributed by atoms with Gasteiger partial charge in [0.2, 0.25) is 5.91 Å². The average Bonchev–Trinajstić information content (AvgIpc) is 3.21. The number of hydrogen-bond donors (Lipinski definition) is 1. The fourth-order valence-corrected chi connectivity index (χ4v) is 4.12. The van der Waals surface area contributed by atoms with E-state index in [-0.39, 0.29) is 24.4 Å². The lowest BCUT2D eigenvalue weighted by atomic mass is 10.3. The van der Waals surface area contributed by atoms with Gasteiger partial charge in [-0.15, -0.1) is 22.7 Å². The number of carbonyl (C=O) groups excluding carboxylic acids is 2. The molecule has 0 fully saturated rings. The zero-order chi connectivity index (χ0) is 18.7. The molecule has 0 spiro atoms. The van der Waals surface area contributed by atoms with Crippen molar-refractivity contribution in [1.29, 1.82) is 0 Å². The van der Waals surface area contributed by atoms with Crippen LogP contribution >= 0.6 is 22.7 Å². The van der Waals surface area contributed by atoms with E-state index >= 15 is 0 Å². The van der Waals surface area contributed by atoms with Gasteiger partial charge in [-0.1, -0.05) is 0 Å². The molecule has 0 aliphatic carbocycles. The maximum atomic E-state index is 12.3. The van der Waals surface area contributed by atoms with Crippen LogP contribution < -0.4 is 10.9 Å². The normalized spacial score (nSPS) is 10.8. The molecule has 0 bridgehead atoms. The lowest BCUT2D eigenvalue weighted by Crippen LogP contribution is -2.23. The molecule has 3 aromatic rings. The van der Waals surface area contributed by atoms with Gasteiger partial charge in [-0.2, -0.15) is 0 Å². The van der Waals surface area contributed by atoms with Gasteiger partial charge >= 0.3 is 5.97 Å². The molecule has 1 N–H and O–H groups in total. The van der Waals surface area contributed by atoms with Crippen LogP contribution in [0.1, 0.15) is 28.6 Å². The van der Waals surface area contributed by atoms with E-state index in [2.05, 4.69) is 10.3 Å². The fourth-order valence-electron chi connectivity index (χ4n) is 2.42. The van der Waals surface area contributed by atoms with Crippen LogP contribution in [-0.4, -0.2) is 28.0 Å². The number of carbonyl (C=O) groups is 2. The summed E-state index contributed by atoms with van der Waals surface area (Å²) in [5.74, 6) is -0.629. The Morgan fingerprint density at radius 2 is 2.19 bits per heavy atom. The molecule has 0 saturated heterocycles. The van der Waals surface area contributed by atoms with Crippen LogP contribution in [0.3, 0.4) is 0 Å². The number of nitrogens with one attached hydrogen (secondary N) is 1. The van der Waals surface area contributed by atoms with E-state index < -0.39 is 5.97 Å². The number of hydrogen-bond acceptors (Lipinski definition) is 7. The Hall–Kier alpha value is -2.52. The van der Waals surface area contributed by atoms with Crippen LogP contribution in [0.15, 0.2) is 28.6 Å². The highest BCUT2D eigenvalue weighted by Crippen LogP contribution is 2.27. The summed E-state index contributed by atoms with van der Waals surface area (Å²) in [7, 11) is 0. The second-order valence-corrected chi connectivity index (χ2v) is 7.47. The number of esters is 1. The molecule has 0 unspecified atom stereocenters. The Morgan fingerprint density at radius 3 is 2.96 bits per heavy atom. The van der Waals surface area contributed by atoms with Crippen molar-refractivity contribution < 1.29 is 14.3 Å². The lowest BCUT2D eigenvalue weighted by Gasteiger charge is -2.05. The molecule has 3 heterocycles. The highest BCUT2D eigenvalue weighted by molar-refractivity contribution is 7.18. The first-order valence-corrected chi connectivity index (χ1v) is 9.69. The van der Waals surface area contributed by atoms with Crippen molar-refractivity contribution in [2.45, 2.75) is 26.8 Å². The van der Waals surface area contributed by atoms with Crippen LogP contribution in [0, 0.1) is 6.92 Å². The molecule has 3 rings (SSSR count). The first-order valence-electron chi connectivity index (χ1n) is 7.99. The number of aryl methyl sites for hydroxylation is 2. The Bertz CT molecular complexity index is 1020. The van der Waals surface area contributed by atoms with E-state index in [1.165, 1.54) is 33.6 Å². The summed E-state index contributed by atoms with van der Waals surface area (Å²) >= 11 is 2.58. The largest absolute Gasteiger partial charge is 0.462 e. The maximum Gasteiger partial charge on any atom is 0.348 e. The van der Waals surface area contributed by atoms with Gasteiger partial charge in [0.25, 0.3) is 5.56 Å². The standard InChI is InChI=1S/C17H17N3O4S2/c1-3-24-17(23)14-10(2)8-13(26-14)19-12(21)4-6-20-9-18-15-11(16(20)22)5-7-25-15/h5,7-9H,3-4,6H2,1-2H3,(H,19,21). The lowest BCUT2D eigenvalue weighted by molar-refractivity contribution is -0.116. The summed E-state index contributed by atoms with van der Waals surface area (Å²) in [5, 5.41) is 5.71. The van der Waals surface area contributed by atoms with Gasteiger partial charge in [0, 0.05) is 13.0 Å². The maximum absolute atomic E-state index is 12.3. The fraction of sp³-hybridized carbons (Fsp3) is 0.294. The van der Waals surface area contributed by atoms with Gasteiger partial charge in [-0.05, 0) is 36.9 Å². The van der Waals surface area contributed by atoms with E-state index in [1.807, 2.05) is 5.38 Å². The molecule has 0 aliphatic rings. The Morgan fingerprint density at radius 1 is 1.38 bits per heavy atom. The van der Waals surface area contributed by atoms with Crippen LogP contribution in [0.4, 0.5) is 5.00 Å². The molecule has 0 saturated carbocycles. The summed E-state index contributed by atoms with van der Waals surface area (Å²) in [4.78, 5) is 41.7. The Labute approximate surface area is 157 Å². The van der Waals surface area contributed by atoms with Gasteiger partial charge in [-0.3, -0.25) is 14.2 Å². The zero-order valence-electron chi connectivity index (χ0n) is 14.3. The quantitative estimate of drug-likeness (QED) is 0.652. The minimum atomic E-state index is -0.391. The van der Waals surface area contributed by atoms with Gasteiger partial charge in [0.05, 0.1) is 23.3 Å². The van der Waals surface area contributed by atoms with Crippen molar-refractivity contribution >= 4 is 49.8 Å². The van der Waals surface area contributed by atoms with Crippen molar-refractivity contribution in [2.75, 3.05) is 11.9 Å². The molecular weight excluding hydrogens is 374 g/mol. The van der Waals surface area contributed by atoms with Gasteiger partial charge in [0.1, 0.15) is 9.71 Å². The molecule has 0 aliphatic heterocycles. The molecule has 9 heteroatoms. The summed E-state index contributed by atoms with van der Waals surface area (Å²) in [5.41, 5.74) is 0.604. The second-order valence-electron chi connectivity index (χ2n) is 5.52. The van der Waals surface area contributed by atoms with Crippen LogP contribution in [0.25, 0.3) is 10.2 Å². The smallest absolute Gasteiger partial charge is 0.348 e. The van der Waals surface area contributed by atoms with Crippen molar-refractivity contribution in [3.63, 3.8) is 0 Å². The minimum Gasteiger partial charge on any atom is -0.462 e. The third-order valence-electron chi connectivity index (χ3n) is 3.67. The van der Waals surface area contributed by atoms with Gasteiger partial charge in [0.15, 0.2) is 0 Å². The van der Waals surface area contributed by atoms with E-state index in [1.54, 1.807) is 26.0 Å². The molecule has 0 radical (unpaired) electrons. The van der Waals surface area contributed by atoms with E-state index in [0.717, 1.165) is 5.56 Å². The zero-order valence-corrected chi connectivity index (χ0v) is 15.9. The molecule has 1 amide bonds. The summed E-state index contributed by atoms with van der Waals surface area (Å²) in [6.45, 7) is 4.07. The number of anilines is 1. The van der Waals surface area contributed by atoms with Crippen molar-refractivity contribution in [1.82, 2.24) is 9.55 Å². The summed E-state index contributed by atoms with van der Waals surface area (Å²) < 4.78 is 6.42. The first kappa shape index (κ1) is 18.3. The molecule has 7 nitrogen and oxygen atoms in total. The van der Waals surface area contributed by atoms with Gasteiger partial charge < -0.3 is 10.1 Å².